The summed E-state index contributed by atoms with van der Waals surface area (Å²) in [5.74, 6) is 0.0279. The monoisotopic (exact) mass is 544 g/mol. The smallest absolute Gasteiger partial charge is 0.272 e. The molecule has 4 rings (SSSR count). The summed E-state index contributed by atoms with van der Waals surface area (Å²) in [7, 11) is 3.96. The molecule has 0 saturated heterocycles. The highest BCUT2D eigenvalue weighted by molar-refractivity contribution is 5.93. The molecule has 0 aliphatic heterocycles. The standard InChI is InChI=1S/C33H48N6O/c1-7-8-18-37(5)29-17-12-25(20-28(29)35)24-11-9-10-23(19-24)22-39(27-15-13-26(34)14-16-27)32(40)30-21-31(33(2,3)4)36-38(30)6/h9-12,17,19-21,26-27H,7-8,13-16,18,22,34-35H2,1-6H3. The van der Waals surface area contributed by atoms with E-state index in [0.717, 1.165) is 78.8 Å². The van der Waals surface area contributed by atoms with Crippen LogP contribution in [0.1, 0.15) is 88.0 Å². The van der Waals surface area contributed by atoms with Crippen molar-refractivity contribution in [2.75, 3.05) is 24.2 Å². The van der Waals surface area contributed by atoms with Gasteiger partial charge in [0.1, 0.15) is 5.69 Å². The van der Waals surface area contributed by atoms with Crippen molar-refractivity contribution in [1.29, 1.82) is 0 Å². The summed E-state index contributed by atoms with van der Waals surface area (Å²) in [6.07, 6.45) is 6.00. The number of nitrogens with two attached hydrogens (primary N) is 2. The Labute approximate surface area is 240 Å². The maximum atomic E-state index is 14.1. The summed E-state index contributed by atoms with van der Waals surface area (Å²) in [5.41, 5.74) is 19.3. The Morgan fingerprint density at radius 1 is 1.05 bits per heavy atom. The van der Waals surface area contributed by atoms with Gasteiger partial charge in [-0.25, -0.2) is 0 Å². The van der Waals surface area contributed by atoms with E-state index in [9.17, 15) is 4.79 Å². The minimum Gasteiger partial charge on any atom is -0.397 e. The summed E-state index contributed by atoms with van der Waals surface area (Å²) in [6.45, 7) is 10.1. The maximum absolute atomic E-state index is 14.1. The molecular formula is C33H48N6O. The largest absolute Gasteiger partial charge is 0.397 e. The molecule has 7 nitrogen and oxygen atoms in total. The first-order chi connectivity index (χ1) is 19.0. The van der Waals surface area contributed by atoms with E-state index in [0.29, 0.717) is 12.2 Å². The van der Waals surface area contributed by atoms with Crippen molar-refractivity contribution in [3.05, 3.63) is 65.5 Å². The normalized spacial score (nSPS) is 17.6. The minimum atomic E-state index is -0.130. The van der Waals surface area contributed by atoms with E-state index in [1.54, 1.807) is 4.68 Å². The molecular weight excluding hydrogens is 496 g/mol. The van der Waals surface area contributed by atoms with Gasteiger partial charge in [0.2, 0.25) is 0 Å². The third kappa shape index (κ3) is 6.87. The zero-order chi connectivity index (χ0) is 29.0. The molecule has 0 unspecified atom stereocenters. The van der Waals surface area contributed by atoms with Gasteiger partial charge in [0.25, 0.3) is 5.91 Å². The summed E-state index contributed by atoms with van der Waals surface area (Å²) < 4.78 is 1.74. The van der Waals surface area contributed by atoms with Crippen molar-refractivity contribution < 1.29 is 4.79 Å². The van der Waals surface area contributed by atoms with Crippen molar-refractivity contribution in [2.24, 2.45) is 12.8 Å². The molecule has 0 spiro atoms. The van der Waals surface area contributed by atoms with Gasteiger partial charge in [-0.1, -0.05) is 58.4 Å². The van der Waals surface area contributed by atoms with Gasteiger partial charge in [-0.15, -0.1) is 0 Å². The van der Waals surface area contributed by atoms with Crippen LogP contribution in [0.15, 0.2) is 48.5 Å². The van der Waals surface area contributed by atoms with Crippen molar-refractivity contribution in [3.63, 3.8) is 0 Å². The molecule has 1 heterocycles. The fraction of sp³-hybridized carbons (Fsp3) is 0.515. The van der Waals surface area contributed by atoms with Gasteiger partial charge in [-0.2, -0.15) is 5.10 Å². The SMILES string of the molecule is CCCCN(C)c1ccc(-c2cccc(CN(C(=O)c3cc(C(C)(C)C)nn3C)C3CCC(N)CC3)c2)cc1N. The number of nitrogen functional groups attached to an aromatic ring is 1. The van der Waals surface area contributed by atoms with Gasteiger partial charge in [0, 0.05) is 44.7 Å². The molecule has 3 aromatic rings. The summed E-state index contributed by atoms with van der Waals surface area (Å²) in [5, 5.41) is 4.68. The van der Waals surface area contributed by atoms with E-state index >= 15 is 0 Å². The number of rotatable bonds is 9. The first kappa shape index (κ1) is 29.7. The number of unbranched alkanes of at least 4 members (excludes halogenated alkanes) is 1. The lowest BCUT2D eigenvalue weighted by molar-refractivity contribution is 0.0595. The van der Waals surface area contributed by atoms with Crippen molar-refractivity contribution in [1.82, 2.24) is 14.7 Å². The molecule has 1 saturated carbocycles. The van der Waals surface area contributed by atoms with Crippen molar-refractivity contribution >= 4 is 17.3 Å². The second-order valence-corrected chi connectivity index (χ2v) is 12.5. The zero-order valence-corrected chi connectivity index (χ0v) is 25.3. The molecule has 40 heavy (non-hydrogen) atoms. The van der Waals surface area contributed by atoms with Crippen LogP contribution in [0.3, 0.4) is 0 Å². The van der Waals surface area contributed by atoms with E-state index in [4.69, 9.17) is 11.5 Å². The maximum Gasteiger partial charge on any atom is 0.272 e. The molecule has 1 amide bonds. The van der Waals surface area contributed by atoms with Gasteiger partial charge < -0.3 is 21.3 Å². The molecule has 1 aromatic heterocycles. The molecule has 7 heteroatoms. The van der Waals surface area contributed by atoms with Gasteiger partial charge in [0.05, 0.1) is 17.1 Å². The number of nitrogens with zero attached hydrogens (tertiary/aromatic N) is 4. The van der Waals surface area contributed by atoms with Crippen molar-refractivity contribution in [2.45, 2.75) is 90.3 Å². The fourth-order valence-corrected chi connectivity index (χ4v) is 5.60. The van der Waals surface area contributed by atoms with Crippen LogP contribution in [0.4, 0.5) is 11.4 Å². The Bertz CT molecular complexity index is 1300. The number of anilines is 2. The highest BCUT2D eigenvalue weighted by atomic mass is 16.2. The number of hydrogen-bond donors (Lipinski definition) is 2. The first-order valence-corrected chi connectivity index (χ1v) is 14.8. The number of hydrogen-bond acceptors (Lipinski definition) is 5. The van der Waals surface area contributed by atoms with Crippen molar-refractivity contribution in [3.8, 4) is 11.1 Å². The Hall–Kier alpha value is -3.32. The Balaban J connectivity index is 1.61. The molecule has 1 aliphatic rings. The lowest BCUT2D eigenvalue weighted by Crippen LogP contribution is -2.44. The number of aromatic nitrogens is 2. The van der Waals surface area contributed by atoms with Crippen LogP contribution in [-0.4, -0.2) is 46.3 Å². The minimum absolute atomic E-state index is 0.0279. The molecule has 1 aliphatic carbocycles. The molecule has 2 aromatic carbocycles. The number of carbonyl (C=O) groups excluding carboxylic acids is 1. The van der Waals surface area contributed by atoms with E-state index in [-0.39, 0.29) is 23.4 Å². The molecule has 0 bridgehead atoms. The number of benzene rings is 2. The lowest BCUT2D eigenvalue weighted by atomic mass is 9.90. The molecule has 216 valence electrons. The summed E-state index contributed by atoms with van der Waals surface area (Å²) >= 11 is 0. The zero-order valence-electron chi connectivity index (χ0n) is 25.3. The third-order valence-electron chi connectivity index (χ3n) is 8.21. The van der Waals surface area contributed by atoms with Crippen LogP contribution >= 0.6 is 0 Å². The van der Waals surface area contributed by atoms with Crippen LogP contribution in [0.2, 0.25) is 0 Å². The van der Waals surface area contributed by atoms with Crippen LogP contribution < -0.4 is 16.4 Å². The molecule has 4 N–H and O–H groups in total. The summed E-state index contributed by atoms with van der Waals surface area (Å²) in [6, 6.07) is 17.1. The second kappa shape index (κ2) is 12.5. The van der Waals surface area contributed by atoms with Gasteiger partial charge in [-0.3, -0.25) is 9.48 Å². The van der Waals surface area contributed by atoms with Gasteiger partial charge in [0.15, 0.2) is 0 Å². The van der Waals surface area contributed by atoms with E-state index in [2.05, 4.69) is 92.1 Å². The first-order valence-electron chi connectivity index (χ1n) is 14.8. The number of carbonyl (C=O) groups is 1. The molecule has 1 fully saturated rings. The second-order valence-electron chi connectivity index (χ2n) is 12.5. The van der Waals surface area contributed by atoms with E-state index in [1.165, 1.54) is 0 Å². The molecule has 0 radical (unpaired) electrons. The predicted molar refractivity (Wildman–Crippen MR) is 166 cm³/mol. The quantitative estimate of drug-likeness (QED) is 0.317. The fourth-order valence-electron chi connectivity index (χ4n) is 5.60. The summed E-state index contributed by atoms with van der Waals surface area (Å²) in [4.78, 5) is 18.4. The Kier molecular flexibility index (Phi) is 9.24. The third-order valence-corrected chi connectivity index (χ3v) is 8.21. The highest BCUT2D eigenvalue weighted by Crippen LogP contribution is 2.31. The highest BCUT2D eigenvalue weighted by Gasteiger charge is 2.31. The van der Waals surface area contributed by atoms with E-state index in [1.807, 2.05) is 13.1 Å². The van der Waals surface area contributed by atoms with E-state index < -0.39 is 0 Å². The predicted octanol–water partition coefficient (Wildman–Crippen LogP) is 6.12. The van der Waals surface area contributed by atoms with Crippen LogP contribution in [-0.2, 0) is 19.0 Å². The lowest BCUT2D eigenvalue weighted by Gasteiger charge is -2.36. The van der Waals surface area contributed by atoms with Gasteiger partial charge >= 0.3 is 0 Å². The molecule has 0 atom stereocenters. The van der Waals surface area contributed by atoms with Crippen LogP contribution in [0, 0.1) is 0 Å². The van der Waals surface area contributed by atoms with Crippen LogP contribution in [0.25, 0.3) is 11.1 Å². The average Bonchev–Trinajstić information content (AvgIpc) is 3.33. The number of amides is 1. The van der Waals surface area contributed by atoms with Crippen LogP contribution in [0.5, 0.6) is 0 Å². The van der Waals surface area contributed by atoms with Gasteiger partial charge in [-0.05, 0) is 73.1 Å². The number of aryl methyl sites for hydroxylation is 1. The average molecular weight is 545 g/mol. The topological polar surface area (TPSA) is 93.4 Å². The Morgan fingerprint density at radius 3 is 2.38 bits per heavy atom. The Morgan fingerprint density at radius 2 is 1.75 bits per heavy atom.